The second kappa shape index (κ2) is 4.19. The molecular weight excluding hydrogens is 218 g/mol. The first-order valence-electron chi connectivity index (χ1n) is 6.13. The molecule has 0 saturated heterocycles. The van der Waals surface area contributed by atoms with E-state index in [1.807, 2.05) is 13.0 Å². The number of hydrogen-bond acceptors (Lipinski definition) is 0. The standard InChI is InChI=1S/C17H15N/c1-3-7-14-15-10-12-8-5-6-9-13(12)11-17(15)18-16(14)4-2/h3-11,18H,1H2,2H3/b14-7-,16-4+. The van der Waals surface area contributed by atoms with Crippen LogP contribution in [0.4, 0.5) is 0 Å². The lowest BCUT2D eigenvalue weighted by Crippen LogP contribution is -2.21. The maximum atomic E-state index is 3.80. The van der Waals surface area contributed by atoms with E-state index in [1.165, 1.54) is 26.9 Å². The van der Waals surface area contributed by atoms with E-state index in [4.69, 9.17) is 0 Å². The van der Waals surface area contributed by atoms with Gasteiger partial charge in [-0.2, -0.15) is 0 Å². The lowest BCUT2D eigenvalue weighted by atomic mass is 10.1. The summed E-state index contributed by atoms with van der Waals surface area (Å²) in [7, 11) is 0. The molecule has 18 heavy (non-hydrogen) atoms. The van der Waals surface area contributed by atoms with Crippen LogP contribution in [0.15, 0.2) is 49.1 Å². The van der Waals surface area contributed by atoms with Crippen molar-refractivity contribution >= 4 is 33.8 Å². The molecule has 0 aliphatic heterocycles. The SMILES string of the molecule is C=C/C=c1\c(=C/C)[nH]c2cc3ccccc3cc12. The second-order valence-electron chi connectivity index (χ2n) is 4.39. The van der Waals surface area contributed by atoms with E-state index < -0.39 is 0 Å². The van der Waals surface area contributed by atoms with Crippen LogP contribution in [0.3, 0.4) is 0 Å². The molecule has 0 bridgehead atoms. The normalized spacial score (nSPS) is 13.6. The van der Waals surface area contributed by atoms with Crippen molar-refractivity contribution in [3.05, 3.63) is 59.6 Å². The van der Waals surface area contributed by atoms with Crippen LogP contribution in [0.25, 0.3) is 33.8 Å². The molecule has 0 aliphatic carbocycles. The Balaban J connectivity index is 2.57. The minimum absolute atomic E-state index is 1.15. The van der Waals surface area contributed by atoms with Crippen molar-refractivity contribution in [3.8, 4) is 0 Å². The van der Waals surface area contributed by atoms with Crippen LogP contribution in [-0.2, 0) is 0 Å². The van der Waals surface area contributed by atoms with Crippen LogP contribution >= 0.6 is 0 Å². The summed E-state index contributed by atoms with van der Waals surface area (Å²) in [6.45, 7) is 5.84. The third-order valence-corrected chi connectivity index (χ3v) is 3.31. The number of nitrogens with one attached hydrogen (secondary N) is 1. The fourth-order valence-electron chi connectivity index (χ4n) is 2.45. The molecule has 0 atom stereocenters. The number of aromatic nitrogens is 1. The van der Waals surface area contributed by atoms with Crippen LogP contribution in [0.5, 0.6) is 0 Å². The van der Waals surface area contributed by atoms with Crippen LogP contribution in [0, 0.1) is 0 Å². The van der Waals surface area contributed by atoms with Gasteiger partial charge < -0.3 is 4.98 Å². The number of hydrogen-bond donors (Lipinski definition) is 1. The Morgan fingerprint density at radius 2 is 1.83 bits per heavy atom. The van der Waals surface area contributed by atoms with Crippen molar-refractivity contribution in [2.75, 3.05) is 0 Å². The Morgan fingerprint density at radius 1 is 1.11 bits per heavy atom. The van der Waals surface area contributed by atoms with Gasteiger partial charge in [0.2, 0.25) is 0 Å². The fourth-order valence-corrected chi connectivity index (χ4v) is 2.45. The molecule has 3 aromatic rings. The van der Waals surface area contributed by atoms with Crippen molar-refractivity contribution in [2.24, 2.45) is 0 Å². The van der Waals surface area contributed by atoms with Gasteiger partial charge in [-0.3, -0.25) is 0 Å². The highest BCUT2D eigenvalue weighted by atomic mass is 14.7. The van der Waals surface area contributed by atoms with Gasteiger partial charge in [-0.05, 0) is 29.8 Å². The van der Waals surface area contributed by atoms with E-state index in [-0.39, 0.29) is 0 Å². The molecule has 1 nitrogen and oxygen atoms in total. The number of rotatable bonds is 1. The maximum absolute atomic E-state index is 3.80. The van der Waals surface area contributed by atoms with Crippen molar-refractivity contribution in [2.45, 2.75) is 6.92 Å². The highest BCUT2D eigenvalue weighted by molar-refractivity contribution is 5.97. The number of aromatic amines is 1. The van der Waals surface area contributed by atoms with Crippen molar-refractivity contribution in [1.29, 1.82) is 0 Å². The van der Waals surface area contributed by atoms with Gasteiger partial charge in [0, 0.05) is 21.5 Å². The smallest absolute Gasteiger partial charge is 0.0471 e. The minimum Gasteiger partial charge on any atom is -0.355 e. The molecule has 0 unspecified atom stereocenters. The molecule has 88 valence electrons. The van der Waals surface area contributed by atoms with Gasteiger partial charge in [-0.1, -0.05) is 49.1 Å². The average Bonchev–Trinajstić information content (AvgIpc) is 2.74. The van der Waals surface area contributed by atoms with Crippen LogP contribution in [-0.4, -0.2) is 4.98 Å². The largest absolute Gasteiger partial charge is 0.355 e. The van der Waals surface area contributed by atoms with E-state index in [1.54, 1.807) is 0 Å². The first kappa shape index (κ1) is 10.8. The average molecular weight is 233 g/mol. The van der Waals surface area contributed by atoms with E-state index >= 15 is 0 Å². The van der Waals surface area contributed by atoms with E-state index in [0.717, 1.165) is 5.35 Å². The van der Waals surface area contributed by atoms with E-state index in [2.05, 4.69) is 60.1 Å². The van der Waals surface area contributed by atoms with Crippen molar-refractivity contribution in [3.63, 3.8) is 0 Å². The van der Waals surface area contributed by atoms with Crippen LogP contribution < -0.4 is 10.6 Å². The molecule has 0 radical (unpaired) electrons. The summed E-state index contributed by atoms with van der Waals surface area (Å²) in [6, 6.07) is 12.9. The second-order valence-corrected chi connectivity index (χ2v) is 4.39. The Bertz CT molecular complexity index is 850. The molecule has 1 N–H and O–H groups in total. The Morgan fingerprint density at radius 3 is 2.50 bits per heavy atom. The summed E-state index contributed by atoms with van der Waals surface area (Å²) < 4.78 is 0. The Hall–Kier alpha value is -2.28. The molecule has 0 fully saturated rings. The Labute approximate surface area is 106 Å². The van der Waals surface area contributed by atoms with Gasteiger partial charge in [0.1, 0.15) is 0 Å². The molecule has 1 heterocycles. The zero-order valence-corrected chi connectivity index (χ0v) is 10.4. The molecule has 1 heteroatoms. The molecule has 1 aromatic heterocycles. The highest BCUT2D eigenvalue weighted by Crippen LogP contribution is 2.18. The summed E-state index contributed by atoms with van der Waals surface area (Å²) in [4.78, 5) is 3.46. The summed E-state index contributed by atoms with van der Waals surface area (Å²) in [6.07, 6.45) is 5.99. The molecule has 0 spiro atoms. The summed E-state index contributed by atoms with van der Waals surface area (Å²) >= 11 is 0. The van der Waals surface area contributed by atoms with Gasteiger partial charge in [0.25, 0.3) is 0 Å². The van der Waals surface area contributed by atoms with Crippen LogP contribution in [0.1, 0.15) is 6.92 Å². The van der Waals surface area contributed by atoms with Gasteiger partial charge in [0.05, 0.1) is 0 Å². The number of allylic oxidation sites excluding steroid dienone is 1. The van der Waals surface area contributed by atoms with E-state index in [9.17, 15) is 0 Å². The monoisotopic (exact) mass is 233 g/mol. The summed E-state index contributed by atoms with van der Waals surface area (Å²) in [5.41, 5.74) is 1.18. The predicted molar refractivity (Wildman–Crippen MR) is 79.9 cm³/mol. The minimum atomic E-state index is 1.15. The highest BCUT2D eigenvalue weighted by Gasteiger charge is 2.01. The van der Waals surface area contributed by atoms with Crippen molar-refractivity contribution in [1.82, 2.24) is 4.98 Å². The fraction of sp³-hybridized carbons (Fsp3) is 0.0588. The maximum Gasteiger partial charge on any atom is 0.0471 e. The first-order chi connectivity index (χ1) is 8.83. The lowest BCUT2D eigenvalue weighted by molar-refractivity contribution is 1.35. The third-order valence-electron chi connectivity index (χ3n) is 3.31. The quantitative estimate of drug-likeness (QED) is 0.665. The number of H-pyrrole nitrogens is 1. The zero-order valence-electron chi connectivity index (χ0n) is 10.4. The number of fused-ring (bicyclic) bond motifs is 2. The van der Waals surface area contributed by atoms with Crippen LogP contribution in [0.2, 0.25) is 0 Å². The first-order valence-corrected chi connectivity index (χ1v) is 6.13. The molecule has 2 aromatic carbocycles. The van der Waals surface area contributed by atoms with Gasteiger partial charge in [-0.25, -0.2) is 0 Å². The summed E-state index contributed by atoms with van der Waals surface area (Å²) in [5.74, 6) is 0. The lowest BCUT2D eigenvalue weighted by Gasteiger charge is -1.97. The molecule has 3 rings (SSSR count). The summed E-state index contributed by atoms with van der Waals surface area (Å²) in [5, 5.41) is 6.15. The predicted octanol–water partition coefficient (Wildman–Crippen LogP) is 3.09. The van der Waals surface area contributed by atoms with Gasteiger partial charge in [0.15, 0.2) is 0 Å². The van der Waals surface area contributed by atoms with E-state index in [0.29, 0.717) is 0 Å². The molecule has 0 saturated carbocycles. The Kier molecular flexibility index (Phi) is 2.52. The van der Waals surface area contributed by atoms with Gasteiger partial charge in [-0.15, -0.1) is 0 Å². The van der Waals surface area contributed by atoms with Crippen molar-refractivity contribution < 1.29 is 0 Å². The zero-order chi connectivity index (χ0) is 12.5. The molecule has 0 amide bonds. The molecule has 0 aliphatic rings. The number of benzene rings is 2. The molecular formula is C17H15N. The third kappa shape index (κ3) is 1.56. The topological polar surface area (TPSA) is 15.8 Å². The van der Waals surface area contributed by atoms with Gasteiger partial charge >= 0.3 is 0 Å².